The van der Waals surface area contributed by atoms with Crippen LogP contribution in [0.15, 0.2) is 11.6 Å². The molecule has 3 fully saturated rings. The van der Waals surface area contributed by atoms with Crippen LogP contribution in [0.2, 0.25) is 0 Å². The lowest BCUT2D eigenvalue weighted by atomic mass is 9.46. The first kappa shape index (κ1) is 20.6. The summed E-state index contributed by atoms with van der Waals surface area (Å²) in [5.41, 5.74) is 0.833. The van der Waals surface area contributed by atoms with Crippen LogP contribution >= 0.6 is 0 Å². The van der Waals surface area contributed by atoms with Crippen molar-refractivity contribution in [1.29, 1.82) is 0 Å². The number of carboxylic acids is 2. The summed E-state index contributed by atoms with van der Waals surface area (Å²) in [6, 6.07) is 0. The Balaban J connectivity index is 1.66. The second-order valence-corrected chi connectivity index (χ2v) is 10.4. The first-order valence-electron chi connectivity index (χ1n) is 11.0. The molecule has 0 aromatic rings. The van der Waals surface area contributed by atoms with Crippen molar-refractivity contribution in [3.05, 3.63) is 11.6 Å². The quantitative estimate of drug-likeness (QED) is 0.663. The molecule has 0 spiro atoms. The molecule has 0 heterocycles. The van der Waals surface area contributed by atoms with Gasteiger partial charge < -0.3 is 15.3 Å². The zero-order valence-corrected chi connectivity index (χ0v) is 17.3. The number of rotatable bonds is 4. The van der Waals surface area contributed by atoms with E-state index in [4.69, 9.17) is 0 Å². The number of ketones is 1. The highest BCUT2D eigenvalue weighted by molar-refractivity contribution is 5.97. The van der Waals surface area contributed by atoms with Gasteiger partial charge in [-0.2, -0.15) is 0 Å². The number of aliphatic hydroxyl groups excluding tert-OH is 1. The van der Waals surface area contributed by atoms with Gasteiger partial charge in [0.25, 0.3) is 0 Å². The Bertz CT molecular complexity index is 771. The van der Waals surface area contributed by atoms with E-state index < -0.39 is 30.2 Å². The Morgan fingerprint density at radius 2 is 1.86 bits per heavy atom. The molecule has 4 aliphatic rings. The molecule has 0 radical (unpaired) electrons. The van der Waals surface area contributed by atoms with Crippen molar-refractivity contribution in [2.75, 3.05) is 0 Å². The van der Waals surface area contributed by atoms with Crippen molar-refractivity contribution in [3.8, 4) is 0 Å². The molecule has 0 amide bonds. The van der Waals surface area contributed by atoms with Crippen molar-refractivity contribution < 1.29 is 29.7 Å². The lowest BCUT2D eigenvalue weighted by molar-refractivity contribution is -0.153. The molecule has 6 nitrogen and oxygen atoms in total. The van der Waals surface area contributed by atoms with Crippen LogP contribution in [0, 0.1) is 40.4 Å². The molecule has 3 saturated carbocycles. The molecular formula is C23H32O6. The average Bonchev–Trinajstić information content (AvgIpc) is 2.95. The molecule has 2 unspecified atom stereocenters. The van der Waals surface area contributed by atoms with Gasteiger partial charge in [0, 0.05) is 5.92 Å². The normalized spacial score (nSPS) is 44.9. The summed E-state index contributed by atoms with van der Waals surface area (Å²) in [4.78, 5) is 35.8. The van der Waals surface area contributed by atoms with E-state index in [2.05, 4.69) is 13.8 Å². The molecule has 160 valence electrons. The fourth-order valence-electron chi connectivity index (χ4n) is 7.59. The van der Waals surface area contributed by atoms with Gasteiger partial charge in [0.2, 0.25) is 0 Å². The number of carbonyl (C=O) groups excluding carboxylic acids is 1. The first-order valence-corrected chi connectivity index (χ1v) is 11.0. The van der Waals surface area contributed by atoms with E-state index in [1.54, 1.807) is 6.08 Å². The van der Waals surface area contributed by atoms with Gasteiger partial charge in [-0.1, -0.05) is 19.4 Å². The van der Waals surface area contributed by atoms with E-state index >= 15 is 0 Å². The third-order valence-electron chi connectivity index (χ3n) is 9.21. The summed E-state index contributed by atoms with van der Waals surface area (Å²) in [5, 5.41) is 29.4. The Hall–Kier alpha value is -1.69. The van der Waals surface area contributed by atoms with Crippen molar-refractivity contribution in [3.63, 3.8) is 0 Å². The van der Waals surface area contributed by atoms with Crippen LogP contribution in [0.4, 0.5) is 0 Å². The molecule has 4 aliphatic carbocycles. The summed E-state index contributed by atoms with van der Waals surface area (Å²) in [7, 11) is 0. The molecule has 0 aliphatic heterocycles. The molecule has 0 aromatic carbocycles. The first-order chi connectivity index (χ1) is 13.6. The van der Waals surface area contributed by atoms with E-state index in [1.165, 1.54) is 0 Å². The molecule has 0 saturated heterocycles. The molecule has 0 aromatic heterocycles. The van der Waals surface area contributed by atoms with Gasteiger partial charge in [0.15, 0.2) is 5.78 Å². The molecule has 4 rings (SSSR count). The number of aliphatic carboxylic acids is 2. The number of hydrogen-bond donors (Lipinski definition) is 3. The van der Waals surface area contributed by atoms with Gasteiger partial charge in [-0.15, -0.1) is 0 Å². The maximum absolute atomic E-state index is 12.8. The minimum atomic E-state index is -1.20. The van der Waals surface area contributed by atoms with Crippen LogP contribution < -0.4 is 0 Å². The Morgan fingerprint density at radius 1 is 1.14 bits per heavy atom. The molecule has 3 N–H and O–H groups in total. The topological polar surface area (TPSA) is 112 Å². The Labute approximate surface area is 171 Å². The second kappa shape index (κ2) is 6.93. The fraction of sp³-hybridized carbons (Fsp3) is 0.783. The minimum absolute atomic E-state index is 0.0322. The van der Waals surface area contributed by atoms with E-state index in [0.717, 1.165) is 44.1 Å². The summed E-state index contributed by atoms with van der Waals surface area (Å²) in [6.07, 6.45) is 6.99. The van der Waals surface area contributed by atoms with E-state index in [1.807, 2.05) is 0 Å². The monoisotopic (exact) mass is 404 g/mol. The SMILES string of the molecule is C[C@]12CC[C@H]3[C@@H](CCC4=CC(=O)C(C(CC(=O)O)C(=O)O)C[C@@]43C)[C@@H]1CC[C@@H]2O. The van der Waals surface area contributed by atoms with Crippen molar-refractivity contribution >= 4 is 17.7 Å². The largest absolute Gasteiger partial charge is 0.481 e. The second-order valence-electron chi connectivity index (χ2n) is 10.4. The Kier molecular flexibility index (Phi) is 4.92. The third kappa shape index (κ3) is 3.06. The van der Waals surface area contributed by atoms with Gasteiger partial charge in [-0.3, -0.25) is 14.4 Å². The highest BCUT2D eigenvalue weighted by Gasteiger charge is 2.60. The van der Waals surface area contributed by atoms with Crippen molar-refractivity contribution in [2.24, 2.45) is 40.4 Å². The summed E-state index contributed by atoms with van der Waals surface area (Å²) in [5.74, 6) is -3.25. The van der Waals surface area contributed by atoms with Gasteiger partial charge in [0.1, 0.15) is 0 Å². The standard InChI is InChI=1S/C23H32O6/c1-22-8-7-17-13(16(22)5-6-19(22)25)4-3-12-9-18(24)15(11-23(12,17)2)14(21(28)29)10-20(26)27/h9,13-17,19,25H,3-8,10-11H2,1-2H3,(H,26,27)(H,28,29)/t13-,14?,15?,16-,17-,19-,22-,23-/m0/s1. The van der Waals surface area contributed by atoms with Crippen LogP contribution in [-0.4, -0.2) is 39.1 Å². The summed E-state index contributed by atoms with van der Waals surface area (Å²) in [6.45, 7) is 4.39. The van der Waals surface area contributed by atoms with Gasteiger partial charge in [0.05, 0.1) is 18.4 Å². The lowest BCUT2D eigenvalue weighted by Gasteiger charge is -2.58. The summed E-state index contributed by atoms with van der Waals surface area (Å²) < 4.78 is 0. The minimum Gasteiger partial charge on any atom is -0.481 e. The molecular weight excluding hydrogens is 372 g/mol. The van der Waals surface area contributed by atoms with Crippen LogP contribution in [0.5, 0.6) is 0 Å². The lowest BCUT2D eigenvalue weighted by Crippen LogP contribution is -2.53. The number of carboxylic acid groups (broad SMARTS) is 2. The smallest absolute Gasteiger partial charge is 0.307 e. The molecule has 0 bridgehead atoms. The molecule has 29 heavy (non-hydrogen) atoms. The van der Waals surface area contributed by atoms with E-state index in [-0.39, 0.29) is 22.7 Å². The van der Waals surface area contributed by atoms with Crippen molar-refractivity contribution in [2.45, 2.75) is 71.3 Å². The predicted octanol–water partition coefficient (Wildman–Crippen LogP) is 3.28. The molecule has 8 atom stereocenters. The zero-order chi connectivity index (χ0) is 21.1. The number of allylic oxidation sites excluding steroid dienone is 1. The fourth-order valence-corrected chi connectivity index (χ4v) is 7.59. The average molecular weight is 405 g/mol. The summed E-state index contributed by atoms with van der Waals surface area (Å²) >= 11 is 0. The van der Waals surface area contributed by atoms with Crippen LogP contribution in [0.3, 0.4) is 0 Å². The number of hydrogen-bond acceptors (Lipinski definition) is 4. The predicted molar refractivity (Wildman–Crippen MR) is 105 cm³/mol. The Morgan fingerprint density at radius 3 is 2.52 bits per heavy atom. The molecule has 6 heteroatoms. The maximum Gasteiger partial charge on any atom is 0.307 e. The highest BCUT2D eigenvalue weighted by atomic mass is 16.4. The van der Waals surface area contributed by atoms with Gasteiger partial charge in [-0.25, -0.2) is 0 Å². The number of carbonyl (C=O) groups is 3. The number of fused-ring (bicyclic) bond motifs is 5. The van der Waals surface area contributed by atoms with Crippen molar-refractivity contribution in [1.82, 2.24) is 0 Å². The van der Waals surface area contributed by atoms with Crippen LogP contribution in [0.1, 0.15) is 65.2 Å². The van der Waals surface area contributed by atoms with Crippen LogP contribution in [-0.2, 0) is 14.4 Å². The zero-order valence-electron chi connectivity index (χ0n) is 17.3. The van der Waals surface area contributed by atoms with Gasteiger partial charge >= 0.3 is 11.9 Å². The van der Waals surface area contributed by atoms with Crippen LogP contribution in [0.25, 0.3) is 0 Å². The van der Waals surface area contributed by atoms with E-state index in [0.29, 0.717) is 24.2 Å². The third-order valence-corrected chi connectivity index (χ3v) is 9.21. The van der Waals surface area contributed by atoms with Gasteiger partial charge in [-0.05, 0) is 79.6 Å². The highest BCUT2D eigenvalue weighted by Crippen LogP contribution is 2.65. The number of aliphatic hydroxyl groups is 1. The maximum atomic E-state index is 12.8. The van der Waals surface area contributed by atoms with E-state index in [9.17, 15) is 29.7 Å².